The topological polar surface area (TPSA) is 200 Å². The number of carboxylic acid groups (broad SMARTS) is 1. The fraction of sp³-hybridized carbons (Fsp3) is 0.179. The summed E-state index contributed by atoms with van der Waals surface area (Å²) in [4.78, 5) is 37.2. The van der Waals surface area contributed by atoms with Crippen LogP contribution in [0.1, 0.15) is 34.3 Å². The van der Waals surface area contributed by atoms with Crippen LogP contribution in [-0.4, -0.2) is 61.8 Å². The second kappa shape index (κ2) is 11.2. The van der Waals surface area contributed by atoms with Gasteiger partial charge in [0.05, 0.1) is 7.11 Å². The molecule has 0 spiro atoms. The van der Waals surface area contributed by atoms with E-state index in [4.69, 9.17) is 14.2 Å². The predicted molar refractivity (Wildman–Crippen MR) is 136 cm³/mol. The number of benzene rings is 3. The lowest BCUT2D eigenvalue weighted by Crippen LogP contribution is -2.30. The molecule has 12 nitrogen and oxygen atoms in total. The van der Waals surface area contributed by atoms with Gasteiger partial charge in [-0.15, -0.1) is 0 Å². The number of carbonyl (C=O) groups excluding carboxylic acids is 2. The first-order valence-electron chi connectivity index (χ1n) is 11.7. The van der Waals surface area contributed by atoms with Gasteiger partial charge in [-0.3, -0.25) is 4.79 Å². The smallest absolute Gasteiger partial charge is 0.347 e. The molecule has 0 fully saturated rings. The summed E-state index contributed by atoms with van der Waals surface area (Å²) in [6.45, 7) is 0. The molecule has 0 bridgehead atoms. The van der Waals surface area contributed by atoms with Crippen molar-refractivity contribution < 1.29 is 59.2 Å². The average Bonchev–Trinajstić information content (AvgIpc) is 3.33. The van der Waals surface area contributed by atoms with Gasteiger partial charge >= 0.3 is 17.9 Å². The highest BCUT2D eigenvalue weighted by molar-refractivity contribution is 5.91. The van der Waals surface area contributed by atoms with Gasteiger partial charge in [0.1, 0.15) is 12.0 Å². The molecule has 6 N–H and O–H groups in total. The van der Waals surface area contributed by atoms with E-state index in [0.717, 1.165) is 19.3 Å². The van der Waals surface area contributed by atoms with E-state index >= 15 is 0 Å². The Hall–Kier alpha value is -5.39. The largest absolute Gasteiger partial charge is 0.504 e. The van der Waals surface area contributed by atoms with E-state index in [1.54, 1.807) is 0 Å². The zero-order valence-corrected chi connectivity index (χ0v) is 20.8. The van der Waals surface area contributed by atoms with E-state index in [2.05, 4.69) is 0 Å². The maximum absolute atomic E-state index is 12.6. The average molecular weight is 552 g/mol. The number of hydrogen-bond acceptors (Lipinski definition) is 11. The van der Waals surface area contributed by atoms with Crippen LogP contribution in [0, 0.1) is 0 Å². The Kier molecular flexibility index (Phi) is 7.71. The highest BCUT2D eigenvalue weighted by Crippen LogP contribution is 2.52. The molecule has 3 aromatic carbocycles. The number of aromatic hydroxyl groups is 5. The third-order valence-corrected chi connectivity index (χ3v) is 6.24. The second-order valence-electron chi connectivity index (χ2n) is 8.83. The van der Waals surface area contributed by atoms with Crippen molar-refractivity contribution in [1.29, 1.82) is 0 Å². The summed E-state index contributed by atoms with van der Waals surface area (Å²) in [7, 11) is 1.10. The maximum atomic E-state index is 12.6. The molecule has 1 aliphatic heterocycles. The van der Waals surface area contributed by atoms with Gasteiger partial charge in [-0.2, -0.15) is 0 Å². The molecule has 3 atom stereocenters. The molecule has 0 aliphatic carbocycles. The molecule has 40 heavy (non-hydrogen) atoms. The van der Waals surface area contributed by atoms with Crippen LogP contribution in [0.25, 0.3) is 6.08 Å². The lowest BCUT2D eigenvalue weighted by molar-refractivity contribution is -0.162. The van der Waals surface area contributed by atoms with Crippen molar-refractivity contribution in [3.05, 3.63) is 76.9 Å². The van der Waals surface area contributed by atoms with Gasteiger partial charge in [0.25, 0.3) is 0 Å². The van der Waals surface area contributed by atoms with E-state index in [0.29, 0.717) is 5.56 Å². The second-order valence-corrected chi connectivity index (χ2v) is 8.83. The van der Waals surface area contributed by atoms with Crippen molar-refractivity contribution in [3.8, 4) is 34.5 Å². The fourth-order valence-corrected chi connectivity index (χ4v) is 4.32. The SMILES string of the molecule is COC(=O)C(Cc1ccc(O)c(O)c1)OC(=O)C=Cc1ccc(O)c2c1C(C(=O)O)C(c1ccc(O)c(O)c1)O2. The molecule has 3 aromatic rings. The number of aliphatic carboxylic acids is 1. The van der Waals surface area contributed by atoms with Crippen molar-refractivity contribution in [2.75, 3.05) is 7.11 Å². The Morgan fingerprint density at radius 1 is 0.900 bits per heavy atom. The summed E-state index contributed by atoms with van der Waals surface area (Å²) in [6, 6.07) is 10.1. The minimum atomic E-state index is -1.40. The van der Waals surface area contributed by atoms with Crippen molar-refractivity contribution >= 4 is 24.0 Å². The van der Waals surface area contributed by atoms with Gasteiger partial charge in [0.2, 0.25) is 6.10 Å². The number of phenols is 5. The molecule has 4 rings (SSSR count). The molecule has 0 aromatic heterocycles. The first-order valence-corrected chi connectivity index (χ1v) is 11.7. The fourth-order valence-electron chi connectivity index (χ4n) is 4.32. The monoisotopic (exact) mass is 552 g/mol. The molecule has 0 saturated carbocycles. The molecule has 0 saturated heterocycles. The van der Waals surface area contributed by atoms with E-state index in [-0.39, 0.29) is 40.4 Å². The number of methoxy groups -OCH3 is 1. The van der Waals surface area contributed by atoms with Crippen molar-refractivity contribution in [2.24, 2.45) is 0 Å². The van der Waals surface area contributed by atoms with E-state index < -0.39 is 53.3 Å². The maximum Gasteiger partial charge on any atom is 0.347 e. The quantitative estimate of drug-likeness (QED) is 0.136. The molecular formula is C28H24O12. The van der Waals surface area contributed by atoms with Crippen LogP contribution in [0.15, 0.2) is 54.6 Å². The first kappa shape index (κ1) is 27.6. The summed E-state index contributed by atoms with van der Waals surface area (Å²) < 4.78 is 15.7. The van der Waals surface area contributed by atoms with Crippen LogP contribution in [0.2, 0.25) is 0 Å². The van der Waals surface area contributed by atoms with Crippen LogP contribution in [-0.2, 0) is 30.3 Å². The van der Waals surface area contributed by atoms with Gasteiger partial charge in [0.15, 0.2) is 34.5 Å². The molecule has 1 heterocycles. The Morgan fingerprint density at radius 2 is 1.55 bits per heavy atom. The van der Waals surface area contributed by atoms with Crippen LogP contribution in [0.5, 0.6) is 34.5 Å². The summed E-state index contributed by atoms with van der Waals surface area (Å²) in [5.41, 5.74) is 0.833. The van der Waals surface area contributed by atoms with Crippen molar-refractivity contribution in [3.63, 3.8) is 0 Å². The minimum Gasteiger partial charge on any atom is -0.504 e. The number of esters is 2. The number of fused-ring (bicyclic) bond motifs is 1. The van der Waals surface area contributed by atoms with Gasteiger partial charge in [-0.25, -0.2) is 9.59 Å². The Morgan fingerprint density at radius 3 is 2.17 bits per heavy atom. The van der Waals surface area contributed by atoms with E-state index in [9.17, 15) is 45.0 Å². The zero-order chi connectivity index (χ0) is 29.1. The number of ether oxygens (including phenoxy) is 3. The van der Waals surface area contributed by atoms with Crippen molar-refractivity contribution in [1.82, 2.24) is 0 Å². The van der Waals surface area contributed by atoms with Crippen LogP contribution >= 0.6 is 0 Å². The molecule has 0 amide bonds. The molecule has 208 valence electrons. The molecule has 3 unspecified atom stereocenters. The Balaban J connectivity index is 1.60. The highest BCUT2D eigenvalue weighted by Gasteiger charge is 2.43. The first-order chi connectivity index (χ1) is 19.0. The number of phenolic OH excluding ortho intramolecular Hbond substituents is 5. The third-order valence-electron chi connectivity index (χ3n) is 6.24. The molecule has 12 heteroatoms. The lowest BCUT2D eigenvalue weighted by atomic mass is 9.88. The molecule has 1 aliphatic rings. The van der Waals surface area contributed by atoms with Gasteiger partial charge in [0, 0.05) is 18.1 Å². The molecular weight excluding hydrogens is 528 g/mol. The Bertz CT molecular complexity index is 1510. The summed E-state index contributed by atoms with van der Waals surface area (Å²) >= 11 is 0. The highest BCUT2D eigenvalue weighted by atomic mass is 16.6. The number of hydrogen-bond donors (Lipinski definition) is 6. The van der Waals surface area contributed by atoms with Crippen LogP contribution in [0.4, 0.5) is 0 Å². The third kappa shape index (κ3) is 5.55. The minimum absolute atomic E-state index is 0.0539. The number of carbonyl (C=O) groups is 3. The Labute approximate surface area is 226 Å². The number of rotatable bonds is 8. The van der Waals surface area contributed by atoms with Gasteiger partial charge in [-0.1, -0.05) is 18.2 Å². The molecule has 0 radical (unpaired) electrons. The summed E-state index contributed by atoms with van der Waals surface area (Å²) in [5, 5.41) is 59.1. The van der Waals surface area contributed by atoms with E-state index in [1.165, 1.54) is 48.5 Å². The van der Waals surface area contributed by atoms with Crippen molar-refractivity contribution in [2.45, 2.75) is 24.5 Å². The summed E-state index contributed by atoms with van der Waals surface area (Å²) in [5.74, 6) is -6.73. The van der Waals surface area contributed by atoms with E-state index in [1.807, 2.05) is 0 Å². The van der Waals surface area contributed by atoms with Gasteiger partial charge < -0.3 is 44.8 Å². The van der Waals surface area contributed by atoms with Gasteiger partial charge in [-0.05, 0) is 53.1 Å². The number of carboxylic acids is 1. The predicted octanol–water partition coefficient (Wildman–Crippen LogP) is 2.86. The van der Waals surface area contributed by atoms with Crippen LogP contribution in [0.3, 0.4) is 0 Å². The zero-order valence-electron chi connectivity index (χ0n) is 20.8. The standard InChI is InChI=1S/C28H24O12/c1-38-28(37)21(11-13-2-6-16(29)19(32)10-13)39-22(34)9-5-14-3-8-18(31)26-23(14)24(27(35)36)25(40-26)15-4-7-17(30)20(33)12-15/h2-10,12,21,24-25,29-33H,11H2,1H3,(H,35,36). The normalized spacial score (nSPS) is 16.6. The lowest BCUT2D eigenvalue weighted by Gasteiger charge is -2.17. The van der Waals surface area contributed by atoms with Crippen LogP contribution < -0.4 is 4.74 Å². The summed E-state index contributed by atoms with van der Waals surface area (Å²) in [6.07, 6.45) is -0.576.